The van der Waals surface area contributed by atoms with E-state index in [0.29, 0.717) is 36.7 Å². The Morgan fingerprint density at radius 2 is 2.00 bits per heavy atom. The number of nitrogens with zero attached hydrogens (tertiary/aromatic N) is 1. The highest BCUT2D eigenvalue weighted by atomic mass is 127. The third-order valence-electron chi connectivity index (χ3n) is 4.13. The van der Waals surface area contributed by atoms with E-state index in [0.717, 1.165) is 0 Å². The number of hydrogen-bond donors (Lipinski definition) is 1. The van der Waals surface area contributed by atoms with E-state index in [1.54, 1.807) is 42.6 Å². The number of ether oxygens (including phenoxy) is 3. The van der Waals surface area contributed by atoms with Crippen molar-refractivity contribution in [2.24, 2.45) is 0 Å². The van der Waals surface area contributed by atoms with Gasteiger partial charge in [0.15, 0.2) is 18.5 Å². The molecule has 0 aliphatic heterocycles. The minimum atomic E-state index is -1.02. The van der Waals surface area contributed by atoms with Crippen LogP contribution in [0.25, 0.3) is 10.9 Å². The van der Waals surface area contributed by atoms with Gasteiger partial charge in [0.25, 0.3) is 5.91 Å². The van der Waals surface area contributed by atoms with Gasteiger partial charge in [-0.1, -0.05) is 23.7 Å². The van der Waals surface area contributed by atoms with Gasteiger partial charge >= 0.3 is 5.97 Å². The van der Waals surface area contributed by atoms with Crippen molar-refractivity contribution in [1.82, 2.24) is 4.98 Å². The van der Waals surface area contributed by atoms with Crippen LogP contribution in [0.2, 0.25) is 5.02 Å². The number of carbonyl (C=O) groups excluding carboxylic acids is 2. The Bertz CT molecular complexity index is 1090. The van der Waals surface area contributed by atoms with E-state index < -0.39 is 18.0 Å². The third-order valence-corrected chi connectivity index (χ3v) is 5.24. The fourth-order valence-electron chi connectivity index (χ4n) is 2.68. The van der Waals surface area contributed by atoms with Crippen molar-refractivity contribution in [2.75, 3.05) is 19.0 Å². The fourth-order valence-corrected chi connectivity index (χ4v) is 3.85. The molecule has 1 unspecified atom stereocenters. The van der Waals surface area contributed by atoms with Crippen LogP contribution in [0.15, 0.2) is 48.7 Å². The molecule has 156 valence electrons. The first-order valence-corrected chi connectivity index (χ1v) is 10.3. The van der Waals surface area contributed by atoms with Gasteiger partial charge in [-0.3, -0.25) is 9.78 Å². The van der Waals surface area contributed by atoms with Crippen LogP contribution in [-0.2, 0) is 14.3 Å². The Morgan fingerprint density at radius 3 is 2.77 bits per heavy atom. The van der Waals surface area contributed by atoms with Crippen LogP contribution in [0.4, 0.5) is 5.69 Å². The smallest absolute Gasteiger partial charge is 0.344 e. The zero-order valence-electron chi connectivity index (χ0n) is 16.1. The predicted octanol–water partition coefficient (Wildman–Crippen LogP) is 4.45. The number of fused-ring (bicyclic) bond motifs is 1. The quantitative estimate of drug-likeness (QED) is 0.352. The molecule has 2 aromatic carbocycles. The van der Waals surface area contributed by atoms with Gasteiger partial charge in [0.1, 0.15) is 11.3 Å². The highest BCUT2D eigenvalue weighted by Gasteiger charge is 2.20. The number of aromatic nitrogens is 1. The number of benzene rings is 2. The molecule has 9 heteroatoms. The van der Waals surface area contributed by atoms with Crippen LogP contribution in [0.3, 0.4) is 0 Å². The summed E-state index contributed by atoms with van der Waals surface area (Å²) in [5, 5.41) is 3.93. The van der Waals surface area contributed by atoms with E-state index in [2.05, 4.69) is 32.9 Å². The molecule has 3 rings (SSSR count). The van der Waals surface area contributed by atoms with Crippen LogP contribution in [-0.4, -0.2) is 36.7 Å². The molecule has 30 heavy (non-hydrogen) atoms. The van der Waals surface area contributed by atoms with Gasteiger partial charge in [0.2, 0.25) is 0 Å². The zero-order chi connectivity index (χ0) is 21.7. The summed E-state index contributed by atoms with van der Waals surface area (Å²) < 4.78 is 16.7. The Hall–Kier alpha value is -2.59. The number of methoxy groups -OCH3 is 1. The van der Waals surface area contributed by atoms with Crippen molar-refractivity contribution < 1.29 is 23.8 Å². The van der Waals surface area contributed by atoms with Crippen LogP contribution in [0.1, 0.15) is 6.92 Å². The molecular formula is C21H18ClIN2O5. The number of halogens is 2. The molecule has 1 aromatic heterocycles. The summed E-state index contributed by atoms with van der Waals surface area (Å²) in [6, 6.07) is 12.3. The average molecular weight is 541 g/mol. The van der Waals surface area contributed by atoms with Gasteiger partial charge in [0, 0.05) is 11.6 Å². The largest absolute Gasteiger partial charge is 0.495 e. The molecule has 0 saturated heterocycles. The molecule has 0 aliphatic rings. The van der Waals surface area contributed by atoms with E-state index in [4.69, 9.17) is 25.8 Å². The molecule has 0 radical (unpaired) electrons. The normalized spacial score (nSPS) is 11.6. The first kappa shape index (κ1) is 22.1. The molecule has 0 fully saturated rings. The summed E-state index contributed by atoms with van der Waals surface area (Å²) in [7, 11) is 1.50. The molecule has 0 bridgehead atoms. The topological polar surface area (TPSA) is 86.8 Å². The lowest BCUT2D eigenvalue weighted by Crippen LogP contribution is -2.31. The van der Waals surface area contributed by atoms with Crippen LogP contribution < -0.4 is 14.8 Å². The van der Waals surface area contributed by atoms with Crippen LogP contribution in [0.5, 0.6) is 11.5 Å². The summed E-state index contributed by atoms with van der Waals surface area (Å²) >= 11 is 8.30. The maximum atomic E-state index is 12.3. The van der Waals surface area contributed by atoms with Crippen molar-refractivity contribution in [3.63, 3.8) is 0 Å². The highest BCUT2D eigenvalue weighted by molar-refractivity contribution is 14.1. The fraction of sp³-hybridized carbons (Fsp3) is 0.190. The zero-order valence-corrected chi connectivity index (χ0v) is 19.1. The Labute approximate surface area is 191 Å². The molecule has 3 aromatic rings. The van der Waals surface area contributed by atoms with Gasteiger partial charge < -0.3 is 19.5 Å². The third kappa shape index (κ3) is 5.11. The minimum absolute atomic E-state index is 0.379. The van der Waals surface area contributed by atoms with E-state index >= 15 is 0 Å². The van der Waals surface area contributed by atoms with Crippen molar-refractivity contribution in [3.8, 4) is 11.5 Å². The second kappa shape index (κ2) is 9.94. The standard InChI is InChI=1S/C21H18ClIN2O5/c1-12(21(27)25-16-7-3-4-8-17(16)28-2)30-18(26)11-29-20-15(23)10-14(22)13-6-5-9-24-19(13)20/h3-10,12H,11H2,1-2H3,(H,25,27). The van der Waals surface area contributed by atoms with Crippen molar-refractivity contribution in [3.05, 3.63) is 57.3 Å². The Morgan fingerprint density at radius 1 is 1.23 bits per heavy atom. The lowest BCUT2D eigenvalue weighted by molar-refractivity contribution is -0.155. The predicted molar refractivity (Wildman–Crippen MR) is 122 cm³/mol. The van der Waals surface area contributed by atoms with Crippen LogP contribution in [0, 0.1) is 3.57 Å². The maximum Gasteiger partial charge on any atom is 0.344 e. The average Bonchev–Trinajstić information content (AvgIpc) is 2.73. The number of esters is 1. The molecule has 1 amide bonds. The highest BCUT2D eigenvalue weighted by Crippen LogP contribution is 2.34. The Kier molecular flexibility index (Phi) is 7.33. The molecule has 0 saturated carbocycles. The van der Waals surface area contributed by atoms with Gasteiger partial charge in [-0.15, -0.1) is 0 Å². The number of amides is 1. The number of pyridine rings is 1. The van der Waals surface area contributed by atoms with E-state index in [1.807, 2.05) is 6.07 Å². The number of rotatable bonds is 7. The summed E-state index contributed by atoms with van der Waals surface area (Å²) in [4.78, 5) is 28.9. The molecule has 1 N–H and O–H groups in total. The SMILES string of the molecule is COc1ccccc1NC(=O)C(C)OC(=O)COc1c(I)cc(Cl)c2cccnc12. The molecule has 1 heterocycles. The second-order valence-corrected chi connectivity index (χ2v) is 7.75. The number of anilines is 1. The van der Waals surface area contributed by atoms with Gasteiger partial charge in [-0.25, -0.2) is 4.79 Å². The number of para-hydroxylation sites is 2. The molecule has 7 nitrogen and oxygen atoms in total. The Balaban J connectivity index is 1.62. The minimum Gasteiger partial charge on any atom is -0.495 e. The second-order valence-electron chi connectivity index (χ2n) is 6.18. The van der Waals surface area contributed by atoms with Crippen molar-refractivity contribution in [2.45, 2.75) is 13.0 Å². The van der Waals surface area contributed by atoms with Crippen molar-refractivity contribution in [1.29, 1.82) is 0 Å². The van der Waals surface area contributed by atoms with Crippen molar-refractivity contribution >= 4 is 62.7 Å². The summed E-state index contributed by atoms with van der Waals surface area (Å²) in [5.74, 6) is -0.239. The number of hydrogen-bond acceptors (Lipinski definition) is 6. The summed E-state index contributed by atoms with van der Waals surface area (Å²) in [6.45, 7) is 1.10. The maximum absolute atomic E-state index is 12.3. The number of carbonyl (C=O) groups is 2. The monoisotopic (exact) mass is 540 g/mol. The van der Waals surface area contributed by atoms with Crippen LogP contribution >= 0.6 is 34.2 Å². The summed E-state index contributed by atoms with van der Waals surface area (Å²) in [6.07, 6.45) is 0.592. The van der Waals surface area contributed by atoms with Gasteiger partial charge in [0.05, 0.1) is 21.4 Å². The molecule has 0 aliphatic carbocycles. The van der Waals surface area contributed by atoms with E-state index in [9.17, 15) is 9.59 Å². The molecule has 0 spiro atoms. The summed E-state index contributed by atoms with van der Waals surface area (Å²) in [5.41, 5.74) is 1.03. The van der Waals surface area contributed by atoms with E-state index in [1.165, 1.54) is 14.0 Å². The lowest BCUT2D eigenvalue weighted by Gasteiger charge is -2.16. The molecular weight excluding hydrogens is 523 g/mol. The lowest BCUT2D eigenvalue weighted by atomic mass is 10.2. The first-order chi connectivity index (χ1) is 14.4. The molecule has 1 atom stereocenters. The number of nitrogens with one attached hydrogen (secondary N) is 1. The first-order valence-electron chi connectivity index (χ1n) is 8.89. The van der Waals surface area contributed by atoms with Gasteiger partial charge in [-0.05, 0) is 59.8 Å². The van der Waals surface area contributed by atoms with E-state index in [-0.39, 0.29) is 6.61 Å². The van der Waals surface area contributed by atoms with Gasteiger partial charge in [-0.2, -0.15) is 0 Å².